The van der Waals surface area contributed by atoms with Crippen molar-refractivity contribution in [2.24, 2.45) is 16.6 Å². The van der Waals surface area contributed by atoms with Crippen LogP contribution < -0.4 is 11.1 Å². The first-order chi connectivity index (χ1) is 8.26. The van der Waals surface area contributed by atoms with Gasteiger partial charge in [0.1, 0.15) is 0 Å². The van der Waals surface area contributed by atoms with E-state index in [2.05, 4.69) is 5.32 Å². The maximum Gasteiger partial charge on any atom is 0.311 e. The quantitative estimate of drug-likeness (QED) is 0.642. The highest BCUT2D eigenvalue weighted by molar-refractivity contribution is 5.84. The van der Waals surface area contributed by atoms with Gasteiger partial charge in [0.05, 0.1) is 24.0 Å². The van der Waals surface area contributed by atoms with E-state index >= 15 is 0 Å². The fourth-order valence-electron chi connectivity index (χ4n) is 1.75. The lowest BCUT2D eigenvalue weighted by molar-refractivity contribution is -0.148. The van der Waals surface area contributed by atoms with Gasteiger partial charge in [-0.25, -0.2) is 0 Å². The number of amides is 1. The third kappa shape index (κ3) is 2.64. The molecule has 1 amide bonds. The fraction of sp³-hybridized carbons (Fsp3) is 0.833. The molecular formula is C12H22N2O4. The van der Waals surface area contributed by atoms with Crippen molar-refractivity contribution in [2.75, 3.05) is 19.8 Å². The first kappa shape index (κ1) is 14.9. The molecule has 1 aliphatic heterocycles. The molecule has 1 aliphatic rings. The van der Waals surface area contributed by atoms with Crippen molar-refractivity contribution in [3.05, 3.63) is 0 Å². The van der Waals surface area contributed by atoms with E-state index in [-0.39, 0.29) is 25.1 Å². The summed E-state index contributed by atoms with van der Waals surface area (Å²) in [5.41, 5.74) is 4.12. The van der Waals surface area contributed by atoms with Gasteiger partial charge in [0.25, 0.3) is 0 Å². The Kier molecular flexibility index (Phi) is 4.34. The molecule has 0 radical (unpaired) electrons. The van der Waals surface area contributed by atoms with E-state index in [1.807, 2.05) is 0 Å². The van der Waals surface area contributed by atoms with Crippen molar-refractivity contribution in [3.8, 4) is 0 Å². The zero-order chi connectivity index (χ0) is 14.0. The fourth-order valence-corrected chi connectivity index (χ4v) is 1.75. The molecule has 3 atom stereocenters. The predicted octanol–water partition coefficient (Wildman–Crippen LogP) is -0.0327. The van der Waals surface area contributed by atoms with Gasteiger partial charge in [-0.05, 0) is 20.3 Å². The number of aliphatic carboxylic acids is 1. The SMILES string of the molecule is CCC(C)(CNC(=O)C1(C)COCC1N)C(=O)O. The summed E-state index contributed by atoms with van der Waals surface area (Å²) < 4.78 is 5.20. The standard InChI is InChI=1S/C12H22N2O4/c1-4-11(2,10(16)17)6-14-9(15)12(3)7-18-5-8(12)13/h8H,4-7,13H2,1-3H3,(H,14,15)(H,16,17). The lowest BCUT2D eigenvalue weighted by Crippen LogP contribution is -2.52. The van der Waals surface area contributed by atoms with Crippen LogP contribution >= 0.6 is 0 Å². The molecular weight excluding hydrogens is 236 g/mol. The molecule has 4 N–H and O–H groups in total. The molecule has 6 nitrogen and oxygen atoms in total. The Morgan fingerprint density at radius 3 is 2.61 bits per heavy atom. The molecule has 1 saturated heterocycles. The Morgan fingerprint density at radius 1 is 1.61 bits per heavy atom. The average molecular weight is 258 g/mol. The lowest BCUT2D eigenvalue weighted by Gasteiger charge is -2.29. The number of carboxylic acids is 1. The van der Waals surface area contributed by atoms with Crippen LogP contribution in [0.25, 0.3) is 0 Å². The molecule has 0 bridgehead atoms. The average Bonchev–Trinajstić information content (AvgIpc) is 2.67. The van der Waals surface area contributed by atoms with Crippen LogP contribution in [0.15, 0.2) is 0 Å². The van der Waals surface area contributed by atoms with Crippen LogP contribution in [0.1, 0.15) is 27.2 Å². The number of nitrogens with one attached hydrogen (secondary N) is 1. The summed E-state index contributed by atoms with van der Waals surface area (Å²) in [4.78, 5) is 23.2. The van der Waals surface area contributed by atoms with Gasteiger partial charge in [-0.2, -0.15) is 0 Å². The van der Waals surface area contributed by atoms with Crippen LogP contribution in [0.3, 0.4) is 0 Å². The zero-order valence-corrected chi connectivity index (χ0v) is 11.2. The van der Waals surface area contributed by atoms with E-state index in [1.165, 1.54) is 0 Å². The lowest BCUT2D eigenvalue weighted by atomic mass is 9.83. The summed E-state index contributed by atoms with van der Waals surface area (Å²) in [6.07, 6.45) is 0.446. The maximum absolute atomic E-state index is 12.1. The van der Waals surface area contributed by atoms with Gasteiger partial charge in [-0.3, -0.25) is 9.59 Å². The van der Waals surface area contributed by atoms with Crippen molar-refractivity contribution in [1.29, 1.82) is 0 Å². The normalized spacial score (nSPS) is 30.8. The zero-order valence-electron chi connectivity index (χ0n) is 11.2. The van der Waals surface area contributed by atoms with Crippen LogP contribution in [0.4, 0.5) is 0 Å². The maximum atomic E-state index is 12.1. The molecule has 104 valence electrons. The first-order valence-corrected chi connectivity index (χ1v) is 6.11. The summed E-state index contributed by atoms with van der Waals surface area (Å²) in [5, 5.41) is 11.8. The molecule has 0 aromatic carbocycles. The molecule has 6 heteroatoms. The highest BCUT2D eigenvalue weighted by Gasteiger charge is 2.45. The highest BCUT2D eigenvalue weighted by Crippen LogP contribution is 2.28. The van der Waals surface area contributed by atoms with Crippen molar-refractivity contribution in [2.45, 2.75) is 33.2 Å². The minimum absolute atomic E-state index is 0.0972. The topological polar surface area (TPSA) is 102 Å². The van der Waals surface area contributed by atoms with Crippen molar-refractivity contribution < 1.29 is 19.4 Å². The monoisotopic (exact) mass is 258 g/mol. The second-order valence-corrected chi connectivity index (χ2v) is 5.44. The molecule has 1 heterocycles. The van der Waals surface area contributed by atoms with Gasteiger partial charge in [0.15, 0.2) is 0 Å². The van der Waals surface area contributed by atoms with Crippen LogP contribution in [0, 0.1) is 10.8 Å². The number of carboxylic acid groups (broad SMARTS) is 1. The largest absolute Gasteiger partial charge is 0.481 e. The number of nitrogens with two attached hydrogens (primary N) is 1. The Morgan fingerprint density at radius 2 is 2.22 bits per heavy atom. The minimum atomic E-state index is -0.949. The second-order valence-electron chi connectivity index (χ2n) is 5.44. The third-order valence-corrected chi connectivity index (χ3v) is 3.97. The molecule has 3 unspecified atom stereocenters. The van der Waals surface area contributed by atoms with Gasteiger partial charge in [0.2, 0.25) is 5.91 Å². The van der Waals surface area contributed by atoms with Gasteiger partial charge in [-0.15, -0.1) is 0 Å². The summed E-state index contributed by atoms with van der Waals surface area (Å²) in [5.74, 6) is -1.16. The molecule has 0 aliphatic carbocycles. The summed E-state index contributed by atoms with van der Waals surface area (Å²) in [7, 11) is 0. The first-order valence-electron chi connectivity index (χ1n) is 6.11. The van der Waals surface area contributed by atoms with Crippen molar-refractivity contribution >= 4 is 11.9 Å². The summed E-state index contributed by atoms with van der Waals surface area (Å²) >= 11 is 0. The minimum Gasteiger partial charge on any atom is -0.481 e. The predicted molar refractivity (Wildman–Crippen MR) is 65.9 cm³/mol. The number of carbonyl (C=O) groups excluding carboxylic acids is 1. The Labute approximate surface area is 107 Å². The molecule has 1 fully saturated rings. The van der Waals surface area contributed by atoms with Crippen LogP contribution in [-0.2, 0) is 14.3 Å². The van der Waals surface area contributed by atoms with Gasteiger partial charge >= 0.3 is 5.97 Å². The number of ether oxygens (including phenoxy) is 1. The Hall–Kier alpha value is -1.14. The highest BCUT2D eigenvalue weighted by atomic mass is 16.5. The van der Waals surface area contributed by atoms with Gasteiger partial charge in [-0.1, -0.05) is 6.92 Å². The van der Waals surface area contributed by atoms with E-state index < -0.39 is 16.8 Å². The summed E-state index contributed by atoms with van der Waals surface area (Å²) in [6.45, 7) is 5.86. The smallest absolute Gasteiger partial charge is 0.311 e. The van der Waals surface area contributed by atoms with E-state index in [4.69, 9.17) is 15.6 Å². The third-order valence-electron chi connectivity index (χ3n) is 3.97. The number of carbonyl (C=O) groups is 2. The second kappa shape index (κ2) is 5.24. The molecule has 0 saturated carbocycles. The van der Waals surface area contributed by atoms with Crippen LogP contribution in [0.2, 0.25) is 0 Å². The summed E-state index contributed by atoms with van der Waals surface area (Å²) in [6, 6.07) is -0.352. The van der Waals surface area contributed by atoms with Crippen molar-refractivity contribution in [3.63, 3.8) is 0 Å². The van der Waals surface area contributed by atoms with Crippen LogP contribution in [0.5, 0.6) is 0 Å². The molecule has 0 spiro atoms. The number of hydrogen-bond acceptors (Lipinski definition) is 4. The van der Waals surface area contributed by atoms with E-state index in [9.17, 15) is 9.59 Å². The number of rotatable bonds is 5. The van der Waals surface area contributed by atoms with E-state index in [1.54, 1.807) is 20.8 Å². The van der Waals surface area contributed by atoms with Crippen LogP contribution in [-0.4, -0.2) is 42.8 Å². The number of hydrogen-bond donors (Lipinski definition) is 3. The molecule has 18 heavy (non-hydrogen) atoms. The van der Waals surface area contributed by atoms with Gasteiger partial charge in [0, 0.05) is 12.6 Å². The van der Waals surface area contributed by atoms with E-state index in [0.29, 0.717) is 13.0 Å². The molecule has 0 aromatic heterocycles. The van der Waals surface area contributed by atoms with E-state index in [0.717, 1.165) is 0 Å². The molecule has 0 aromatic rings. The Bertz CT molecular complexity index is 347. The molecule has 1 rings (SSSR count). The Balaban J connectivity index is 2.64. The van der Waals surface area contributed by atoms with Crippen molar-refractivity contribution in [1.82, 2.24) is 5.32 Å². The van der Waals surface area contributed by atoms with Gasteiger partial charge < -0.3 is 20.9 Å².